The summed E-state index contributed by atoms with van der Waals surface area (Å²) in [6, 6.07) is 0. The second kappa shape index (κ2) is 34.5. The highest BCUT2D eigenvalue weighted by molar-refractivity contribution is 7.80. The second-order valence-electron chi connectivity index (χ2n) is 9.54. The topological polar surface area (TPSA) is 92.5 Å². The molecule has 6 heteroatoms. The van der Waals surface area contributed by atoms with Crippen LogP contribution in [0.15, 0.2) is 0 Å². The predicted molar refractivity (Wildman–Crippen MR) is 161 cm³/mol. The third kappa shape index (κ3) is 48.7. The number of hydrogen-bond acceptors (Lipinski definition) is 2. The fraction of sp³-hybridized carbons (Fsp3) is 0.929. The van der Waals surface area contributed by atoms with E-state index in [2.05, 4.69) is 56.7 Å². The summed E-state index contributed by atoms with van der Waals surface area (Å²) in [7, 11) is 0. The van der Waals surface area contributed by atoms with E-state index in [-0.39, 0.29) is 0 Å². The van der Waals surface area contributed by atoms with Crippen molar-refractivity contribution in [3.63, 3.8) is 0 Å². The summed E-state index contributed by atoms with van der Waals surface area (Å²) >= 11 is 7.74. The summed E-state index contributed by atoms with van der Waals surface area (Å²) in [5.41, 5.74) is 8.80. The zero-order valence-corrected chi connectivity index (χ0v) is 24.6. The van der Waals surface area contributed by atoms with Gasteiger partial charge in [0, 0.05) is 0 Å². The molecule has 0 aliphatic carbocycles. The fourth-order valence-electron chi connectivity index (χ4n) is 4.20. The minimum Gasteiger partial charge on any atom is -0.487 e. The number of nitrogens with two attached hydrogens (primary N) is 2. The number of unbranched alkanes of at least 4 members (excludes halogenated alkanes) is 17. The Morgan fingerprint density at radius 3 is 1.00 bits per heavy atom. The molecule has 4 nitrogen and oxygen atoms in total. The minimum atomic E-state index is -0.500. The normalized spacial score (nSPS) is 11.0. The summed E-state index contributed by atoms with van der Waals surface area (Å²) in [4.78, 5) is 0. The van der Waals surface area contributed by atoms with Crippen LogP contribution in [0, 0.1) is 5.92 Å². The van der Waals surface area contributed by atoms with Gasteiger partial charge in [-0.05, 0) is 30.4 Å². The van der Waals surface area contributed by atoms with Crippen molar-refractivity contribution < 1.29 is 10.2 Å². The number of rotatable bonds is 22. The molecule has 0 fully saturated rings. The van der Waals surface area contributed by atoms with Crippen LogP contribution in [0.4, 0.5) is 0 Å². The van der Waals surface area contributed by atoms with Crippen LogP contribution in [0.3, 0.4) is 0 Å². The Hall–Kier alpha value is -0.620. The van der Waals surface area contributed by atoms with Gasteiger partial charge >= 0.3 is 0 Å². The molecule has 0 bridgehead atoms. The Kier molecular flexibility index (Phi) is 38.5. The smallest absolute Gasteiger partial charge is 0.251 e. The van der Waals surface area contributed by atoms with E-state index in [0.717, 1.165) is 5.92 Å². The Morgan fingerprint density at radius 2 is 0.735 bits per heavy atom. The van der Waals surface area contributed by atoms with Crippen LogP contribution in [0.2, 0.25) is 0 Å². The summed E-state index contributed by atoms with van der Waals surface area (Å²) in [5.74, 6) is 1.02. The number of aliphatic hydroxyl groups excluding tert-OH is 2. The average molecular weight is 521 g/mol. The van der Waals surface area contributed by atoms with Crippen LogP contribution in [-0.2, 0) is 0 Å². The Morgan fingerprint density at radius 1 is 0.500 bits per heavy atom. The molecule has 0 radical (unpaired) electrons. The van der Waals surface area contributed by atoms with Crippen LogP contribution in [-0.4, -0.2) is 20.6 Å². The van der Waals surface area contributed by atoms with E-state index in [4.69, 9.17) is 10.2 Å². The Labute approximate surface area is 224 Å². The van der Waals surface area contributed by atoms with Crippen LogP contribution in [0.5, 0.6) is 0 Å². The lowest BCUT2D eigenvalue weighted by Crippen LogP contribution is -2.03. The van der Waals surface area contributed by atoms with E-state index in [1.165, 1.54) is 141 Å². The van der Waals surface area contributed by atoms with Gasteiger partial charge in [0.25, 0.3) is 10.3 Å². The fourth-order valence-corrected chi connectivity index (χ4v) is 4.20. The predicted octanol–water partition coefficient (Wildman–Crippen LogP) is 9.82. The molecule has 206 valence electrons. The largest absolute Gasteiger partial charge is 0.487 e. The van der Waals surface area contributed by atoms with Crippen molar-refractivity contribution in [3.8, 4) is 0 Å². The standard InChI is InChI=1S/C26H54.2CH3NOS/c1-4-7-9-10-11-12-13-14-15-16-17-18-19-20-21-22-23-25-26(6-3)24-8-5-2;2*2-1(3)4/h26H,4-25H2,1-3H3;2*(H3,2,3,4). The van der Waals surface area contributed by atoms with Crippen molar-refractivity contribution in [2.45, 2.75) is 162 Å². The lowest BCUT2D eigenvalue weighted by molar-refractivity contribution is 0.399. The van der Waals surface area contributed by atoms with Crippen LogP contribution in [0.1, 0.15) is 162 Å². The molecule has 0 amide bonds. The van der Waals surface area contributed by atoms with Gasteiger partial charge in [0.2, 0.25) is 0 Å². The molecule has 34 heavy (non-hydrogen) atoms. The van der Waals surface area contributed by atoms with E-state index in [0.29, 0.717) is 0 Å². The van der Waals surface area contributed by atoms with Crippen molar-refractivity contribution in [1.29, 1.82) is 0 Å². The molecule has 0 saturated carbocycles. The van der Waals surface area contributed by atoms with Gasteiger partial charge in [0.1, 0.15) is 0 Å². The minimum absolute atomic E-state index is 0.500. The van der Waals surface area contributed by atoms with Crippen molar-refractivity contribution >= 4 is 34.8 Å². The molecule has 6 N–H and O–H groups in total. The maximum Gasteiger partial charge on any atom is 0.251 e. The lowest BCUT2D eigenvalue weighted by Gasteiger charge is -2.13. The maximum absolute atomic E-state index is 7.56. The summed E-state index contributed by atoms with van der Waals surface area (Å²) in [6.45, 7) is 7.01. The molecule has 0 rings (SSSR count). The first-order valence-corrected chi connectivity index (χ1v) is 15.1. The van der Waals surface area contributed by atoms with Crippen LogP contribution >= 0.6 is 24.4 Å². The third-order valence-corrected chi connectivity index (χ3v) is 6.26. The molecule has 1 atom stereocenters. The zero-order valence-electron chi connectivity index (χ0n) is 23.0. The average Bonchev–Trinajstić information content (AvgIpc) is 2.77. The summed E-state index contributed by atoms with van der Waals surface area (Å²) in [6.07, 6.45) is 32.3. The summed E-state index contributed by atoms with van der Waals surface area (Å²) in [5, 5.41) is 14.1. The first-order valence-electron chi connectivity index (χ1n) is 14.3. The molecule has 0 aromatic carbocycles. The van der Waals surface area contributed by atoms with Crippen LogP contribution < -0.4 is 11.5 Å². The van der Waals surface area contributed by atoms with Gasteiger partial charge in [-0.25, -0.2) is 0 Å². The SMILES string of the molecule is CCCCCCCCCCCCCCCCCCCC(CC)CCCC.NC(O)=S.NC(O)=S. The van der Waals surface area contributed by atoms with Gasteiger partial charge in [-0.1, -0.05) is 162 Å². The maximum atomic E-state index is 7.56. The summed E-state index contributed by atoms with van der Waals surface area (Å²) < 4.78 is 0. The molecular weight excluding hydrogens is 460 g/mol. The lowest BCUT2D eigenvalue weighted by atomic mass is 9.93. The first-order chi connectivity index (χ1) is 16.3. The number of hydrogen-bond donors (Lipinski definition) is 4. The molecular formula is C28H60N2O2S2. The van der Waals surface area contributed by atoms with Gasteiger partial charge in [-0.2, -0.15) is 0 Å². The highest BCUT2D eigenvalue weighted by atomic mass is 32.1. The van der Waals surface area contributed by atoms with Crippen molar-refractivity contribution in [2.75, 3.05) is 0 Å². The first kappa shape index (κ1) is 37.9. The van der Waals surface area contributed by atoms with Gasteiger partial charge in [-0.15, -0.1) is 0 Å². The molecule has 0 heterocycles. The van der Waals surface area contributed by atoms with Gasteiger partial charge < -0.3 is 21.7 Å². The highest BCUT2D eigenvalue weighted by Crippen LogP contribution is 2.20. The third-order valence-electron chi connectivity index (χ3n) is 6.26. The van der Waals surface area contributed by atoms with E-state index in [9.17, 15) is 0 Å². The molecule has 0 spiro atoms. The highest BCUT2D eigenvalue weighted by Gasteiger charge is 2.05. The molecule has 1 unspecified atom stereocenters. The van der Waals surface area contributed by atoms with Gasteiger partial charge in [-0.3, -0.25) is 0 Å². The molecule has 0 aliphatic rings. The van der Waals surface area contributed by atoms with Crippen molar-refractivity contribution in [3.05, 3.63) is 0 Å². The van der Waals surface area contributed by atoms with E-state index < -0.39 is 10.3 Å². The van der Waals surface area contributed by atoms with Gasteiger partial charge in [0.05, 0.1) is 0 Å². The Bertz CT molecular complexity index is 390. The van der Waals surface area contributed by atoms with Crippen molar-refractivity contribution in [2.24, 2.45) is 17.4 Å². The number of thiocarbonyl (C=S) groups is 2. The quantitative estimate of drug-likeness (QED) is 0.0838. The second-order valence-corrected chi connectivity index (χ2v) is 10.4. The molecule has 0 aromatic heterocycles. The van der Waals surface area contributed by atoms with Gasteiger partial charge in [0.15, 0.2) is 0 Å². The van der Waals surface area contributed by atoms with E-state index in [1.807, 2.05) is 0 Å². The van der Waals surface area contributed by atoms with Crippen LogP contribution in [0.25, 0.3) is 0 Å². The monoisotopic (exact) mass is 520 g/mol. The number of aliphatic hydroxyl groups is 2. The zero-order chi connectivity index (χ0) is 26.3. The molecule has 0 saturated heterocycles. The Balaban J connectivity index is -0.00000103. The molecule has 0 aromatic rings. The van der Waals surface area contributed by atoms with Crippen molar-refractivity contribution in [1.82, 2.24) is 0 Å². The molecule has 0 aliphatic heterocycles. The van der Waals surface area contributed by atoms with E-state index in [1.54, 1.807) is 0 Å². The van der Waals surface area contributed by atoms with E-state index >= 15 is 0 Å².